The van der Waals surface area contributed by atoms with Gasteiger partial charge in [-0.3, -0.25) is 4.79 Å². The lowest BCUT2D eigenvalue weighted by Crippen LogP contribution is -2.15. The minimum atomic E-state index is -0.338. The van der Waals surface area contributed by atoms with Crippen molar-refractivity contribution in [3.63, 3.8) is 0 Å². The molecule has 1 N–H and O–H groups in total. The van der Waals surface area contributed by atoms with Crippen LogP contribution >= 0.6 is 11.8 Å². The zero-order chi connectivity index (χ0) is 23.5. The predicted octanol–water partition coefficient (Wildman–Crippen LogP) is 5.72. The molecule has 0 atom stereocenters. The van der Waals surface area contributed by atoms with E-state index in [1.165, 1.54) is 23.9 Å². The van der Waals surface area contributed by atoms with Crippen LogP contribution in [0.1, 0.15) is 11.1 Å². The number of hydrogen-bond acceptors (Lipinski definition) is 6. The number of fused-ring (bicyclic) bond motifs is 2. The number of halogens is 1. The second-order valence-corrected chi connectivity index (χ2v) is 8.53. The third-order valence-corrected chi connectivity index (χ3v) is 6.32. The predicted molar refractivity (Wildman–Crippen MR) is 129 cm³/mol. The summed E-state index contributed by atoms with van der Waals surface area (Å²) >= 11 is 1.30. The molecule has 0 radical (unpaired) electrons. The Balaban J connectivity index is 1.44. The molecule has 0 spiro atoms. The van der Waals surface area contributed by atoms with E-state index in [2.05, 4.69) is 10.3 Å². The minimum absolute atomic E-state index is 0.131. The molecule has 4 aromatic rings. The maximum Gasteiger partial charge on any atom is 0.234 e. The topological polar surface area (TPSA) is 73.3 Å². The van der Waals surface area contributed by atoms with Crippen LogP contribution in [0.15, 0.2) is 77.8 Å². The summed E-state index contributed by atoms with van der Waals surface area (Å²) in [6.45, 7) is 0. The van der Waals surface area contributed by atoms with E-state index in [0.717, 1.165) is 16.9 Å². The monoisotopic (exact) mass is 473 g/mol. The summed E-state index contributed by atoms with van der Waals surface area (Å²) in [4.78, 5) is 22.0. The first-order chi connectivity index (χ1) is 16.6. The molecule has 34 heavy (non-hydrogen) atoms. The molecule has 0 unspecified atom stereocenters. The Kier molecular flexibility index (Phi) is 6.14. The van der Waals surface area contributed by atoms with Crippen molar-refractivity contribution in [3.8, 4) is 28.8 Å². The highest BCUT2D eigenvalue weighted by atomic mass is 32.2. The minimum Gasteiger partial charge on any atom is -0.495 e. The molecule has 1 amide bonds. The number of ether oxygens (including phenoxy) is 2. The molecular formula is C26H20FN3O3S. The Bertz CT molecular complexity index is 1360. The van der Waals surface area contributed by atoms with Crippen molar-refractivity contribution in [2.24, 2.45) is 0 Å². The fourth-order valence-electron chi connectivity index (χ4n) is 3.64. The number of hydrogen-bond donors (Lipinski definition) is 1. The number of thioether (sulfide) groups is 1. The van der Waals surface area contributed by atoms with Gasteiger partial charge in [-0.1, -0.05) is 42.1 Å². The van der Waals surface area contributed by atoms with Gasteiger partial charge in [-0.15, -0.1) is 0 Å². The van der Waals surface area contributed by atoms with Gasteiger partial charge in [0.05, 0.1) is 24.1 Å². The number of nitrogens with zero attached hydrogens (tertiary/aromatic N) is 2. The summed E-state index contributed by atoms with van der Waals surface area (Å²) in [6, 6.07) is 21.0. The summed E-state index contributed by atoms with van der Waals surface area (Å²) in [5.41, 5.74) is 3.10. The summed E-state index contributed by atoms with van der Waals surface area (Å²) in [7, 11) is 1.56. The molecule has 1 aliphatic rings. The van der Waals surface area contributed by atoms with Crippen LogP contribution in [0.25, 0.3) is 11.4 Å². The molecular weight excluding hydrogens is 453 g/mol. The smallest absolute Gasteiger partial charge is 0.234 e. The lowest BCUT2D eigenvalue weighted by atomic mass is 10.0. The molecule has 1 aliphatic heterocycles. The lowest BCUT2D eigenvalue weighted by molar-refractivity contribution is -0.113. The molecule has 5 rings (SSSR count). The number of carbonyl (C=O) groups excluding carboxylic acids is 1. The number of benzene rings is 3. The van der Waals surface area contributed by atoms with Gasteiger partial charge < -0.3 is 14.8 Å². The van der Waals surface area contributed by atoms with Gasteiger partial charge in [-0.25, -0.2) is 9.37 Å². The van der Waals surface area contributed by atoms with Gasteiger partial charge in [0.1, 0.15) is 22.3 Å². The van der Waals surface area contributed by atoms with E-state index in [1.807, 2.05) is 36.4 Å². The van der Waals surface area contributed by atoms with Gasteiger partial charge in [-0.2, -0.15) is 4.98 Å². The number of amides is 1. The van der Waals surface area contributed by atoms with Crippen LogP contribution in [0.2, 0.25) is 0 Å². The Morgan fingerprint density at radius 1 is 1.06 bits per heavy atom. The molecule has 2 heterocycles. The first-order valence-corrected chi connectivity index (χ1v) is 11.6. The van der Waals surface area contributed by atoms with E-state index in [9.17, 15) is 9.18 Å². The van der Waals surface area contributed by atoms with Crippen molar-refractivity contribution >= 4 is 23.4 Å². The molecule has 6 nitrogen and oxygen atoms in total. The van der Waals surface area contributed by atoms with Crippen molar-refractivity contribution in [2.45, 2.75) is 11.4 Å². The van der Waals surface area contributed by atoms with E-state index < -0.39 is 0 Å². The van der Waals surface area contributed by atoms with Crippen LogP contribution in [0, 0.1) is 5.82 Å². The third kappa shape index (κ3) is 4.58. The number of para-hydroxylation sites is 3. The zero-order valence-corrected chi connectivity index (χ0v) is 19.1. The number of nitrogens with one attached hydrogen (secondary N) is 1. The van der Waals surface area contributed by atoms with Crippen molar-refractivity contribution in [2.75, 3.05) is 18.2 Å². The molecule has 1 aromatic heterocycles. The van der Waals surface area contributed by atoms with Gasteiger partial charge in [0.15, 0.2) is 5.82 Å². The summed E-state index contributed by atoms with van der Waals surface area (Å²) in [6.07, 6.45) is 0.589. The molecule has 0 bridgehead atoms. The molecule has 0 fully saturated rings. The number of methoxy groups -OCH3 is 1. The maximum absolute atomic E-state index is 13.4. The summed E-state index contributed by atoms with van der Waals surface area (Å²) in [5.74, 6) is 1.78. The van der Waals surface area contributed by atoms with E-state index in [0.29, 0.717) is 40.2 Å². The van der Waals surface area contributed by atoms with Crippen LogP contribution < -0.4 is 14.8 Å². The van der Waals surface area contributed by atoms with Crippen molar-refractivity contribution in [3.05, 3.63) is 89.7 Å². The SMILES string of the molecule is COc1ccccc1NC(=O)CSc1nc(-c2ccc(F)cc2)nc2c1Cc1ccccc1O2. The zero-order valence-electron chi connectivity index (χ0n) is 18.2. The van der Waals surface area contributed by atoms with Crippen LogP contribution in [-0.4, -0.2) is 28.7 Å². The standard InChI is InChI=1S/C26H20FN3O3S/c1-32-22-9-5-3-7-20(22)28-23(31)15-34-26-19-14-17-6-2-4-8-21(17)33-25(19)29-24(30-26)16-10-12-18(27)13-11-16/h2-13H,14-15H2,1H3,(H,28,31). The van der Waals surface area contributed by atoms with Gasteiger partial charge in [0.25, 0.3) is 0 Å². The van der Waals surface area contributed by atoms with Gasteiger partial charge in [-0.05, 0) is 48.0 Å². The number of anilines is 1. The molecule has 0 aliphatic carbocycles. The highest BCUT2D eigenvalue weighted by molar-refractivity contribution is 8.00. The van der Waals surface area contributed by atoms with Gasteiger partial charge in [0.2, 0.25) is 11.8 Å². The average Bonchev–Trinajstić information content (AvgIpc) is 2.86. The highest BCUT2D eigenvalue weighted by Gasteiger charge is 2.24. The fourth-order valence-corrected chi connectivity index (χ4v) is 4.46. The maximum atomic E-state index is 13.4. The van der Waals surface area contributed by atoms with Crippen LogP contribution in [0.5, 0.6) is 17.4 Å². The lowest BCUT2D eigenvalue weighted by Gasteiger charge is -2.21. The Hall–Kier alpha value is -3.91. The van der Waals surface area contributed by atoms with Gasteiger partial charge >= 0.3 is 0 Å². The Labute approximate surface area is 200 Å². The molecule has 8 heteroatoms. The summed E-state index contributed by atoms with van der Waals surface area (Å²) in [5, 5.41) is 3.53. The normalized spacial score (nSPS) is 11.7. The summed E-state index contributed by atoms with van der Waals surface area (Å²) < 4.78 is 24.8. The van der Waals surface area contributed by atoms with Crippen molar-refractivity contribution in [1.29, 1.82) is 0 Å². The van der Waals surface area contributed by atoms with Crippen molar-refractivity contribution in [1.82, 2.24) is 9.97 Å². The largest absolute Gasteiger partial charge is 0.495 e. The molecule has 0 saturated heterocycles. The first kappa shape index (κ1) is 21.9. The molecule has 0 saturated carbocycles. The second-order valence-electron chi connectivity index (χ2n) is 7.57. The average molecular weight is 474 g/mol. The molecule has 170 valence electrons. The number of rotatable bonds is 6. The quantitative estimate of drug-likeness (QED) is 0.251. The Morgan fingerprint density at radius 2 is 1.82 bits per heavy atom. The second kappa shape index (κ2) is 9.52. The van der Waals surface area contributed by atoms with Crippen LogP contribution in [0.3, 0.4) is 0 Å². The van der Waals surface area contributed by atoms with Gasteiger partial charge in [0, 0.05) is 12.0 Å². The fraction of sp³-hybridized carbons (Fsp3) is 0.115. The molecule has 3 aromatic carbocycles. The third-order valence-electron chi connectivity index (χ3n) is 5.30. The number of carbonyl (C=O) groups is 1. The van der Waals surface area contributed by atoms with E-state index >= 15 is 0 Å². The first-order valence-electron chi connectivity index (χ1n) is 10.6. The van der Waals surface area contributed by atoms with Crippen molar-refractivity contribution < 1.29 is 18.7 Å². The van der Waals surface area contributed by atoms with E-state index in [4.69, 9.17) is 14.5 Å². The number of aromatic nitrogens is 2. The Morgan fingerprint density at radius 3 is 2.65 bits per heavy atom. The van der Waals surface area contributed by atoms with Crippen LogP contribution in [-0.2, 0) is 11.2 Å². The van der Waals surface area contributed by atoms with E-state index in [1.54, 1.807) is 31.4 Å². The van der Waals surface area contributed by atoms with Crippen LogP contribution in [0.4, 0.5) is 10.1 Å². The van der Waals surface area contributed by atoms with E-state index in [-0.39, 0.29) is 17.5 Å². The highest BCUT2D eigenvalue weighted by Crippen LogP contribution is 2.40.